The van der Waals surface area contributed by atoms with Crippen LogP contribution in [0.3, 0.4) is 0 Å². The van der Waals surface area contributed by atoms with Crippen molar-refractivity contribution in [3.8, 4) is 11.5 Å². The van der Waals surface area contributed by atoms with Gasteiger partial charge < -0.3 is 14.0 Å². The van der Waals surface area contributed by atoms with Crippen LogP contribution in [-0.4, -0.2) is 56.3 Å². The molecular weight excluding hydrogens is 539 g/mol. The van der Waals surface area contributed by atoms with E-state index in [4.69, 9.17) is 9.47 Å². The van der Waals surface area contributed by atoms with Gasteiger partial charge in [-0.15, -0.1) is 4.72 Å². The monoisotopic (exact) mass is 574 g/mol. The summed E-state index contributed by atoms with van der Waals surface area (Å²) in [5, 5.41) is 2.29. The number of nitrogens with one attached hydrogen (secondary N) is 2. The molecule has 216 valence electrons. The Bertz CT molecular complexity index is 1230. The van der Waals surface area contributed by atoms with Gasteiger partial charge in [0, 0.05) is 41.9 Å². The zero-order chi connectivity index (χ0) is 29.0. The van der Waals surface area contributed by atoms with Gasteiger partial charge in [0.25, 0.3) is 0 Å². The number of urea groups is 1. The van der Waals surface area contributed by atoms with Crippen molar-refractivity contribution in [2.24, 2.45) is 5.92 Å². The lowest BCUT2D eigenvalue weighted by Crippen LogP contribution is -2.61. The highest BCUT2D eigenvalue weighted by atomic mass is 32.2. The average molecular weight is 575 g/mol. The largest absolute Gasteiger partial charge is 0.598 e. The normalized spacial score (nSPS) is 20.3. The molecule has 2 saturated heterocycles. The zero-order valence-corrected chi connectivity index (χ0v) is 23.9. The van der Waals surface area contributed by atoms with E-state index < -0.39 is 51.7 Å². The molecule has 0 aliphatic carbocycles. The Balaban J connectivity index is 1.57. The van der Waals surface area contributed by atoms with Crippen molar-refractivity contribution >= 4 is 29.2 Å². The number of imide groups is 2. The Morgan fingerprint density at radius 1 is 1.20 bits per heavy atom. The fraction of sp³-hybridized carbons (Fsp3) is 0.500. The van der Waals surface area contributed by atoms with E-state index in [1.165, 1.54) is 18.2 Å². The number of hydrogen-bond donors (Lipinski definition) is 2. The maximum absolute atomic E-state index is 15.2. The third-order valence-corrected chi connectivity index (χ3v) is 8.48. The molecule has 2 N–H and O–H groups in total. The van der Waals surface area contributed by atoms with Gasteiger partial charge in [0.2, 0.25) is 11.8 Å². The van der Waals surface area contributed by atoms with Crippen LogP contribution >= 0.6 is 0 Å². The number of halogens is 1. The summed E-state index contributed by atoms with van der Waals surface area (Å²) in [6.45, 7) is 8.03. The molecule has 0 saturated carbocycles. The van der Waals surface area contributed by atoms with Crippen molar-refractivity contribution < 1.29 is 32.8 Å². The molecule has 1 aromatic carbocycles. The van der Waals surface area contributed by atoms with Crippen molar-refractivity contribution in [3.63, 3.8) is 0 Å². The Morgan fingerprint density at radius 2 is 1.90 bits per heavy atom. The molecule has 3 atom stereocenters. The number of barbiturate groups is 1. The lowest BCUT2D eigenvalue weighted by molar-refractivity contribution is -0.145. The highest BCUT2D eigenvalue weighted by Gasteiger charge is 2.44. The van der Waals surface area contributed by atoms with Gasteiger partial charge in [0.05, 0.1) is 12.2 Å². The summed E-state index contributed by atoms with van der Waals surface area (Å²) >= 11 is -1.60. The van der Waals surface area contributed by atoms with Crippen LogP contribution in [0.15, 0.2) is 36.5 Å². The van der Waals surface area contributed by atoms with Crippen molar-refractivity contribution in [2.45, 2.75) is 70.2 Å². The fourth-order valence-electron chi connectivity index (χ4n) is 4.60. The third kappa shape index (κ3) is 7.17. The van der Waals surface area contributed by atoms with Crippen molar-refractivity contribution in [2.75, 3.05) is 13.2 Å². The second-order valence-corrected chi connectivity index (χ2v) is 12.9. The van der Waals surface area contributed by atoms with Crippen LogP contribution < -0.4 is 14.8 Å². The standard InChI is InChI=1S/C28H35FN4O6S/c1-17-5-6-20(16-30-17)39-19-7-9-23(29)22(15-19)24(32-40(37)28(2,3)4)10-8-21-25(34)31-27(36)33(26(21)35)18-11-13-38-14-12-18/h5-7,9,15-16,18,21,24,32H,8,10-14H2,1-4H3,(H,31,34,36)/t21-,24+,40?/m0/s1. The lowest BCUT2D eigenvalue weighted by atomic mass is 9.92. The second kappa shape index (κ2) is 12.6. The summed E-state index contributed by atoms with van der Waals surface area (Å²) in [4.78, 5) is 43.9. The first-order valence-electron chi connectivity index (χ1n) is 13.3. The van der Waals surface area contributed by atoms with Crippen LogP contribution in [-0.2, 0) is 25.7 Å². The molecule has 2 aromatic rings. The molecule has 10 nitrogen and oxygen atoms in total. The van der Waals surface area contributed by atoms with E-state index in [2.05, 4.69) is 15.0 Å². The highest BCUT2D eigenvalue weighted by molar-refractivity contribution is 7.90. The third-order valence-electron chi connectivity index (χ3n) is 6.87. The smallest absolute Gasteiger partial charge is 0.331 e. The molecule has 40 heavy (non-hydrogen) atoms. The molecule has 12 heteroatoms. The number of carbonyl (C=O) groups is 3. The van der Waals surface area contributed by atoms with Crippen LogP contribution in [0.4, 0.5) is 9.18 Å². The van der Waals surface area contributed by atoms with Crippen LogP contribution in [0, 0.1) is 18.7 Å². The maximum Gasteiger partial charge on any atom is 0.331 e. The number of rotatable bonds is 9. The minimum absolute atomic E-state index is 0.00306. The maximum atomic E-state index is 15.2. The summed E-state index contributed by atoms with van der Waals surface area (Å²) in [5.41, 5.74) is 0.996. The number of carbonyl (C=O) groups excluding carboxylic acids is 3. The van der Waals surface area contributed by atoms with Gasteiger partial charge in [0.15, 0.2) is 0 Å². The molecule has 1 unspecified atom stereocenters. The Morgan fingerprint density at radius 3 is 2.55 bits per heavy atom. The second-order valence-electron chi connectivity index (χ2n) is 10.9. The molecule has 0 spiro atoms. The fourth-order valence-corrected chi connectivity index (χ4v) is 5.45. The summed E-state index contributed by atoms with van der Waals surface area (Å²) in [5.74, 6) is -2.17. The number of pyridine rings is 1. The van der Waals surface area contributed by atoms with Crippen LogP contribution in [0.5, 0.6) is 11.5 Å². The molecule has 2 aliphatic heterocycles. The highest BCUT2D eigenvalue weighted by Crippen LogP contribution is 2.32. The first kappa shape index (κ1) is 29.9. The predicted octanol–water partition coefficient (Wildman–Crippen LogP) is 4.07. The van der Waals surface area contributed by atoms with Gasteiger partial charge in [0.1, 0.15) is 28.0 Å². The van der Waals surface area contributed by atoms with E-state index in [0.717, 1.165) is 10.6 Å². The Hall–Kier alpha value is -3.06. The van der Waals surface area contributed by atoms with Gasteiger partial charge >= 0.3 is 6.03 Å². The predicted molar refractivity (Wildman–Crippen MR) is 146 cm³/mol. The van der Waals surface area contributed by atoms with Gasteiger partial charge in [-0.2, -0.15) is 0 Å². The van der Waals surface area contributed by atoms with Crippen molar-refractivity contribution in [1.82, 2.24) is 19.9 Å². The van der Waals surface area contributed by atoms with Crippen LogP contribution in [0.25, 0.3) is 0 Å². The van der Waals surface area contributed by atoms with Gasteiger partial charge in [-0.1, -0.05) is 0 Å². The van der Waals surface area contributed by atoms with E-state index in [0.29, 0.717) is 37.6 Å². The first-order chi connectivity index (χ1) is 18.9. The first-order valence-corrected chi connectivity index (χ1v) is 14.4. The Labute approximate surface area is 236 Å². The SMILES string of the molecule is Cc1ccc(Oc2ccc(F)c([C@@H](CC[C@H]3C(=O)NC(=O)N(C4CCOCC4)C3=O)N[S+]([O-])C(C)(C)C)c2)cn1. The van der Waals surface area contributed by atoms with Gasteiger partial charge in [-0.25, -0.2) is 9.18 Å². The summed E-state index contributed by atoms with van der Waals surface area (Å²) in [6, 6.07) is 5.86. The van der Waals surface area contributed by atoms with E-state index in [9.17, 15) is 18.9 Å². The molecular formula is C28H35FN4O6S. The summed E-state index contributed by atoms with van der Waals surface area (Å²) in [7, 11) is 0. The number of aryl methyl sites for hydroxylation is 1. The van der Waals surface area contributed by atoms with Crippen molar-refractivity contribution in [1.29, 1.82) is 0 Å². The number of benzene rings is 1. The average Bonchev–Trinajstić information content (AvgIpc) is 2.90. The number of nitrogens with zero attached hydrogens (tertiary/aromatic N) is 2. The molecule has 3 heterocycles. The zero-order valence-electron chi connectivity index (χ0n) is 23.1. The van der Waals surface area contributed by atoms with Crippen LogP contribution in [0.1, 0.15) is 63.8 Å². The van der Waals surface area contributed by atoms with E-state index >= 15 is 4.39 Å². The Kier molecular flexibility index (Phi) is 9.44. The molecule has 4 rings (SSSR count). The summed E-state index contributed by atoms with van der Waals surface area (Å²) < 4.78 is 41.8. The number of aromatic nitrogens is 1. The quantitative estimate of drug-likeness (QED) is 0.338. The lowest BCUT2D eigenvalue weighted by Gasteiger charge is -2.37. The number of amides is 4. The van der Waals surface area contributed by atoms with Crippen LogP contribution in [0.2, 0.25) is 0 Å². The molecule has 4 amide bonds. The van der Waals surface area contributed by atoms with Gasteiger partial charge in [-0.05, 0) is 83.7 Å². The topological polar surface area (TPSA) is 133 Å². The van der Waals surface area contributed by atoms with Gasteiger partial charge in [-0.3, -0.25) is 24.8 Å². The summed E-state index contributed by atoms with van der Waals surface area (Å²) in [6.07, 6.45) is 2.63. The molecule has 2 fully saturated rings. The van der Waals surface area contributed by atoms with Crippen molar-refractivity contribution in [3.05, 3.63) is 53.6 Å². The van der Waals surface area contributed by atoms with E-state index in [-0.39, 0.29) is 24.4 Å². The number of ether oxygens (including phenoxy) is 2. The molecule has 1 aromatic heterocycles. The van der Waals surface area contributed by atoms with E-state index in [1.807, 2.05) is 6.92 Å². The minimum Gasteiger partial charge on any atom is -0.598 e. The van der Waals surface area contributed by atoms with E-state index in [1.54, 1.807) is 39.1 Å². The minimum atomic E-state index is -1.60. The molecule has 2 aliphatic rings. The number of hydrogen-bond acceptors (Lipinski definition) is 8. The molecule has 0 radical (unpaired) electrons. The molecule has 0 bridgehead atoms.